The molecule has 0 bridgehead atoms. The molecule has 1 unspecified atom stereocenters. The van der Waals surface area contributed by atoms with Gasteiger partial charge in [0.1, 0.15) is 11.3 Å². The highest BCUT2D eigenvalue weighted by molar-refractivity contribution is 7.89. The fraction of sp³-hybridized carbons (Fsp3) is 0.417. The van der Waals surface area contributed by atoms with Crippen LogP contribution in [0.3, 0.4) is 0 Å². The van der Waals surface area contributed by atoms with E-state index in [1.54, 1.807) is 24.3 Å². The van der Waals surface area contributed by atoms with Crippen molar-refractivity contribution in [1.29, 1.82) is 0 Å². The van der Waals surface area contributed by atoms with Crippen LogP contribution in [0.5, 0.6) is 5.75 Å². The van der Waals surface area contributed by atoms with Gasteiger partial charge in [-0.25, -0.2) is 8.42 Å². The van der Waals surface area contributed by atoms with Crippen molar-refractivity contribution >= 4 is 37.5 Å². The summed E-state index contributed by atoms with van der Waals surface area (Å²) in [6, 6.07) is 12.7. The molecule has 1 aliphatic rings. The number of thiazole rings is 1. The molecule has 1 fully saturated rings. The van der Waals surface area contributed by atoms with Gasteiger partial charge in [-0.1, -0.05) is 35.1 Å². The van der Waals surface area contributed by atoms with Crippen molar-refractivity contribution in [2.75, 3.05) is 19.7 Å². The number of rotatable bonds is 6. The number of aromatic nitrogens is 1. The van der Waals surface area contributed by atoms with Gasteiger partial charge in [-0.3, -0.25) is 4.79 Å². The van der Waals surface area contributed by atoms with Crippen molar-refractivity contribution in [1.82, 2.24) is 8.87 Å². The Morgan fingerprint density at radius 3 is 2.64 bits per heavy atom. The van der Waals surface area contributed by atoms with E-state index in [4.69, 9.17) is 4.74 Å². The average molecular weight is 488 g/mol. The molecule has 1 aliphatic heterocycles. The Bertz CT molecular complexity index is 1320. The molecule has 0 spiro atoms. The third-order valence-electron chi connectivity index (χ3n) is 5.88. The Balaban J connectivity index is 1.63. The Kier molecular flexibility index (Phi) is 7.02. The number of hydrogen-bond acceptors (Lipinski definition) is 5. The van der Waals surface area contributed by atoms with Crippen LogP contribution in [0, 0.1) is 12.8 Å². The zero-order chi connectivity index (χ0) is 23.6. The molecule has 1 amide bonds. The molecule has 2 heterocycles. The van der Waals surface area contributed by atoms with Gasteiger partial charge in [0, 0.05) is 19.6 Å². The van der Waals surface area contributed by atoms with Crippen LogP contribution in [-0.4, -0.2) is 42.9 Å². The number of hydrogen-bond donors (Lipinski definition) is 0. The predicted molar refractivity (Wildman–Crippen MR) is 130 cm³/mol. The number of piperidine rings is 1. The number of nitrogens with zero attached hydrogens (tertiary/aromatic N) is 3. The van der Waals surface area contributed by atoms with E-state index in [0.717, 1.165) is 21.5 Å². The molecule has 7 nitrogen and oxygen atoms in total. The van der Waals surface area contributed by atoms with E-state index >= 15 is 0 Å². The highest BCUT2D eigenvalue weighted by Gasteiger charge is 2.33. The summed E-state index contributed by atoms with van der Waals surface area (Å²) < 4.78 is 36.4. The monoisotopic (exact) mass is 487 g/mol. The summed E-state index contributed by atoms with van der Waals surface area (Å²) in [6.45, 7) is 7.63. The molecule has 9 heteroatoms. The molecule has 0 radical (unpaired) electrons. The number of aryl methyl sites for hydroxylation is 2. The van der Waals surface area contributed by atoms with Gasteiger partial charge in [0.2, 0.25) is 10.0 Å². The maximum atomic E-state index is 13.2. The Morgan fingerprint density at radius 2 is 1.94 bits per heavy atom. The van der Waals surface area contributed by atoms with Crippen molar-refractivity contribution in [3.63, 3.8) is 0 Å². The van der Waals surface area contributed by atoms with Gasteiger partial charge in [-0.2, -0.15) is 9.30 Å². The zero-order valence-corrected chi connectivity index (χ0v) is 20.8. The SMILES string of the molecule is CCOc1cccc2sc(=NC(=O)C3CCCN(S(=O)(=O)c4ccc(C)cc4)C3)n(CC)c12. The first kappa shape index (κ1) is 23.7. The molecular formula is C24H29N3O4S2. The van der Waals surface area contributed by atoms with Crippen LogP contribution in [0.1, 0.15) is 32.3 Å². The van der Waals surface area contributed by atoms with Crippen LogP contribution in [0.4, 0.5) is 0 Å². The number of carbonyl (C=O) groups excluding carboxylic acids is 1. The van der Waals surface area contributed by atoms with Gasteiger partial charge in [0.15, 0.2) is 4.80 Å². The first-order chi connectivity index (χ1) is 15.8. The third kappa shape index (κ3) is 4.76. The zero-order valence-electron chi connectivity index (χ0n) is 19.2. The van der Waals surface area contributed by atoms with Crippen LogP contribution >= 0.6 is 11.3 Å². The molecule has 33 heavy (non-hydrogen) atoms. The smallest absolute Gasteiger partial charge is 0.252 e. The number of carbonyl (C=O) groups is 1. The van der Waals surface area contributed by atoms with E-state index in [1.165, 1.54) is 15.6 Å². The number of amides is 1. The maximum absolute atomic E-state index is 13.2. The molecule has 176 valence electrons. The van der Waals surface area contributed by atoms with Crippen LogP contribution in [0.2, 0.25) is 0 Å². The van der Waals surface area contributed by atoms with Crippen LogP contribution in [-0.2, 0) is 21.4 Å². The Morgan fingerprint density at radius 1 is 1.18 bits per heavy atom. The lowest BCUT2D eigenvalue weighted by atomic mass is 9.99. The van der Waals surface area contributed by atoms with Gasteiger partial charge in [0.25, 0.3) is 5.91 Å². The van der Waals surface area contributed by atoms with E-state index < -0.39 is 15.9 Å². The minimum Gasteiger partial charge on any atom is -0.492 e. The highest BCUT2D eigenvalue weighted by atomic mass is 32.2. The van der Waals surface area contributed by atoms with E-state index in [0.29, 0.717) is 37.3 Å². The summed E-state index contributed by atoms with van der Waals surface area (Å²) in [6.07, 6.45) is 1.26. The van der Waals surface area contributed by atoms with Crippen molar-refractivity contribution in [2.45, 2.75) is 45.1 Å². The third-order valence-corrected chi connectivity index (χ3v) is 8.80. The lowest BCUT2D eigenvalue weighted by Crippen LogP contribution is -2.42. The van der Waals surface area contributed by atoms with Crippen LogP contribution < -0.4 is 9.54 Å². The lowest BCUT2D eigenvalue weighted by Gasteiger charge is -2.30. The second-order valence-corrected chi connectivity index (χ2v) is 11.1. The minimum absolute atomic E-state index is 0.153. The van der Waals surface area contributed by atoms with Gasteiger partial charge in [-0.15, -0.1) is 0 Å². The molecular weight excluding hydrogens is 458 g/mol. The summed E-state index contributed by atoms with van der Waals surface area (Å²) in [7, 11) is -3.64. The number of sulfonamides is 1. The first-order valence-corrected chi connectivity index (χ1v) is 13.5. The Hall–Kier alpha value is -2.49. The van der Waals surface area contributed by atoms with Crippen molar-refractivity contribution < 1.29 is 17.9 Å². The van der Waals surface area contributed by atoms with Crippen LogP contribution in [0.25, 0.3) is 10.2 Å². The first-order valence-electron chi connectivity index (χ1n) is 11.3. The molecule has 1 saturated heterocycles. The van der Waals surface area contributed by atoms with E-state index in [1.807, 2.05) is 43.5 Å². The lowest BCUT2D eigenvalue weighted by molar-refractivity contribution is -0.122. The van der Waals surface area contributed by atoms with Gasteiger partial charge >= 0.3 is 0 Å². The molecule has 3 aromatic rings. The second kappa shape index (κ2) is 9.79. The largest absolute Gasteiger partial charge is 0.492 e. The fourth-order valence-corrected chi connectivity index (χ4v) is 6.80. The Labute approximate surface area is 198 Å². The van der Waals surface area contributed by atoms with E-state index in [-0.39, 0.29) is 17.3 Å². The number of benzene rings is 2. The standard InChI is InChI=1S/C24H29N3O4S2/c1-4-27-22-20(31-5-2)9-6-10-21(22)32-24(27)25-23(28)18-8-7-15-26(16-18)33(29,30)19-13-11-17(3)12-14-19/h6,9-14,18H,4-5,7-8,15-16H2,1-3H3. The molecule has 0 aliphatic carbocycles. The van der Waals surface area contributed by atoms with Crippen molar-refractivity contribution in [3.8, 4) is 5.75 Å². The van der Waals surface area contributed by atoms with Gasteiger partial charge in [0.05, 0.1) is 22.1 Å². The van der Waals surface area contributed by atoms with Crippen molar-refractivity contribution in [3.05, 3.63) is 52.8 Å². The minimum atomic E-state index is -3.64. The molecule has 1 atom stereocenters. The highest BCUT2D eigenvalue weighted by Crippen LogP contribution is 2.28. The van der Waals surface area contributed by atoms with E-state index in [9.17, 15) is 13.2 Å². The fourth-order valence-electron chi connectivity index (χ4n) is 4.16. The summed E-state index contributed by atoms with van der Waals surface area (Å²) >= 11 is 1.45. The topological polar surface area (TPSA) is 81.0 Å². The van der Waals surface area contributed by atoms with Crippen LogP contribution in [0.15, 0.2) is 52.4 Å². The molecule has 0 N–H and O–H groups in total. The predicted octanol–water partition coefficient (Wildman–Crippen LogP) is 3.96. The summed E-state index contributed by atoms with van der Waals surface area (Å²) in [5.74, 6) is 0.0430. The quantitative estimate of drug-likeness (QED) is 0.527. The molecule has 0 saturated carbocycles. The molecule has 2 aromatic carbocycles. The summed E-state index contributed by atoms with van der Waals surface area (Å²) in [4.78, 5) is 18.5. The van der Waals surface area contributed by atoms with Gasteiger partial charge < -0.3 is 9.30 Å². The van der Waals surface area contributed by atoms with E-state index in [2.05, 4.69) is 4.99 Å². The number of ether oxygens (including phenoxy) is 1. The van der Waals surface area contributed by atoms with Crippen molar-refractivity contribution in [2.24, 2.45) is 10.9 Å². The summed E-state index contributed by atoms with van der Waals surface area (Å²) in [5.41, 5.74) is 1.94. The molecule has 4 rings (SSSR count). The number of para-hydroxylation sites is 1. The summed E-state index contributed by atoms with van der Waals surface area (Å²) in [5, 5.41) is 0. The molecule has 1 aromatic heterocycles. The average Bonchev–Trinajstić information content (AvgIpc) is 3.17. The second-order valence-electron chi connectivity index (χ2n) is 8.13. The number of fused-ring (bicyclic) bond motifs is 1. The maximum Gasteiger partial charge on any atom is 0.252 e. The normalized spacial score (nSPS) is 18.0. The van der Waals surface area contributed by atoms with Gasteiger partial charge in [-0.05, 0) is 57.9 Å².